The molecule has 2 aromatic rings. The summed E-state index contributed by atoms with van der Waals surface area (Å²) in [5.74, 6) is 0. The minimum atomic E-state index is 0.434. The fourth-order valence-electron chi connectivity index (χ4n) is 2.25. The first-order chi connectivity index (χ1) is 8.70. The van der Waals surface area contributed by atoms with Gasteiger partial charge in [-0.05, 0) is 49.4 Å². The zero-order valence-electron chi connectivity index (χ0n) is 11.4. The number of hydrogen-bond donors (Lipinski definition) is 1. The summed E-state index contributed by atoms with van der Waals surface area (Å²) >= 11 is 1.83. The van der Waals surface area contributed by atoms with Crippen molar-refractivity contribution in [1.29, 1.82) is 0 Å². The van der Waals surface area contributed by atoms with Crippen molar-refractivity contribution >= 4 is 11.3 Å². The van der Waals surface area contributed by atoms with Crippen LogP contribution < -0.4 is 5.32 Å². The summed E-state index contributed by atoms with van der Waals surface area (Å²) in [4.78, 5) is 1.42. The number of thiophene rings is 1. The number of benzene rings is 1. The molecule has 0 amide bonds. The molecule has 96 valence electrons. The van der Waals surface area contributed by atoms with Gasteiger partial charge in [-0.1, -0.05) is 36.8 Å². The lowest BCUT2D eigenvalue weighted by atomic mass is 9.99. The molecule has 2 rings (SSSR count). The Bertz CT molecular complexity index is 484. The second-order valence-corrected chi connectivity index (χ2v) is 5.85. The zero-order chi connectivity index (χ0) is 13.0. The molecule has 0 spiro atoms. The minimum absolute atomic E-state index is 0.434. The van der Waals surface area contributed by atoms with Gasteiger partial charge in [0.25, 0.3) is 0 Å². The normalized spacial score (nSPS) is 12.6. The first-order valence-electron chi connectivity index (χ1n) is 6.53. The molecular weight excluding hydrogens is 238 g/mol. The van der Waals surface area contributed by atoms with Crippen LogP contribution >= 0.6 is 11.3 Å². The second kappa shape index (κ2) is 6.17. The van der Waals surface area contributed by atoms with Gasteiger partial charge in [0.2, 0.25) is 0 Å². The highest BCUT2D eigenvalue weighted by Gasteiger charge is 2.14. The van der Waals surface area contributed by atoms with Crippen molar-refractivity contribution in [1.82, 2.24) is 5.32 Å². The standard InChI is InChI=1S/C16H21NS/c1-4-17-16(15-9-10-18-13(15)3)11-14-7-5-12(2)6-8-14/h5-10,16-17H,4,11H2,1-3H3. The Hall–Kier alpha value is -1.12. The van der Waals surface area contributed by atoms with Crippen molar-refractivity contribution < 1.29 is 0 Å². The molecule has 1 heterocycles. The number of aryl methyl sites for hydroxylation is 2. The van der Waals surface area contributed by atoms with Crippen molar-refractivity contribution in [2.75, 3.05) is 6.54 Å². The van der Waals surface area contributed by atoms with E-state index in [9.17, 15) is 0 Å². The van der Waals surface area contributed by atoms with E-state index in [1.807, 2.05) is 11.3 Å². The Morgan fingerprint density at radius 2 is 1.83 bits per heavy atom. The zero-order valence-corrected chi connectivity index (χ0v) is 12.2. The van der Waals surface area contributed by atoms with Gasteiger partial charge in [0, 0.05) is 10.9 Å². The fraction of sp³-hybridized carbons (Fsp3) is 0.375. The minimum Gasteiger partial charge on any atom is -0.310 e. The highest BCUT2D eigenvalue weighted by Crippen LogP contribution is 2.25. The van der Waals surface area contributed by atoms with E-state index in [0.717, 1.165) is 13.0 Å². The van der Waals surface area contributed by atoms with Crippen LogP contribution in [0.1, 0.15) is 34.5 Å². The van der Waals surface area contributed by atoms with Crippen LogP contribution in [0.25, 0.3) is 0 Å². The van der Waals surface area contributed by atoms with E-state index in [2.05, 4.69) is 61.8 Å². The lowest BCUT2D eigenvalue weighted by Gasteiger charge is -2.18. The quantitative estimate of drug-likeness (QED) is 0.846. The van der Waals surface area contributed by atoms with Crippen LogP contribution in [-0.2, 0) is 6.42 Å². The Labute approximate surface area is 114 Å². The largest absolute Gasteiger partial charge is 0.310 e. The molecule has 1 nitrogen and oxygen atoms in total. The third kappa shape index (κ3) is 3.21. The topological polar surface area (TPSA) is 12.0 Å². The number of nitrogens with one attached hydrogen (secondary N) is 1. The van der Waals surface area contributed by atoms with E-state index in [1.54, 1.807) is 0 Å². The molecule has 1 aromatic carbocycles. The van der Waals surface area contributed by atoms with Crippen LogP contribution in [0.5, 0.6) is 0 Å². The van der Waals surface area contributed by atoms with E-state index < -0.39 is 0 Å². The maximum absolute atomic E-state index is 3.60. The van der Waals surface area contributed by atoms with Gasteiger partial charge in [-0.3, -0.25) is 0 Å². The van der Waals surface area contributed by atoms with Gasteiger partial charge in [-0.15, -0.1) is 11.3 Å². The molecule has 0 radical (unpaired) electrons. The average Bonchev–Trinajstić information content (AvgIpc) is 2.78. The van der Waals surface area contributed by atoms with Gasteiger partial charge >= 0.3 is 0 Å². The fourth-order valence-corrected chi connectivity index (χ4v) is 3.02. The van der Waals surface area contributed by atoms with Crippen molar-refractivity contribution in [3.63, 3.8) is 0 Å². The molecule has 18 heavy (non-hydrogen) atoms. The first-order valence-corrected chi connectivity index (χ1v) is 7.41. The second-order valence-electron chi connectivity index (χ2n) is 4.73. The summed E-state index contributed by atoms with van der Waals surface area (Å²) in [5, 5.41) is 5.78. The van der Waals surface area contributed by atoms with Crippen LogP contribution in [0.4, 0.5) is 0 Å². The van der Waals surface area contributed by atoms with E-state index in [0.29, 0.717) is 6.04 Å². The highest BCUT2D eigenvalue weighted by molar-refractivity contribution is 7.10. The number of likely N-dealkylation sites (N-methyl/N-ethyl adjacent to an activating group) is 1. The summed E-state index contributed by atoms with van der Waals surface area (Å²) in [6.07, 6.45) is 1.06. The Balaban J connectivity index is 2.16. The van der Waals surface area contributed by atoms with E-state index in [4.69, 9.17) is 0 Å². The predicted octanol–water partition coefficient (Wildman–Crippen LogP) is 4.26. The molecule has 1 aromatic heterocycles. The van der Waals surface area contributed by atoms with Gasteiger partial charge < -0.3 is 5.32 Å². The molecule has 0 aliphatic heterocycles. The summed E-state index contributed by atoms with van der Waals surface area (Å²) < 4.78 is 0. The van der Waals surface area contributed by atoms with E-state index in [-0.39, 0.29) is 0 Å². The molecule has 1 unspecified atom stereocenters. The maximum Gasteiger partial charge on any atom is 0.0371 e. The molecule has 0 saturated carbocycles. The van der Waals surface area contributed by atoms with Crippen LogP contribution in [-0.4, -0.2) is 6.54 Å². The Kier molecular flexibility index (Phi) is 4.56. The van der Waals surface area contributed by atoms with Gasteiger partial charge in [0.1, 0.15) is 0 Å². The van der Waals surface area contributed by atoms with E-state index in [1.165, 1.54) is 21.6 Å². The first kappa shape index (κ1) is 13.3. The molecule has 1 N–H and O–H groups in total. The van der Waals surface area contributed by atoms with Gasteiger partial charge in [-0.2, -0.15) is 0 Å². The van der Waals surface area contributed by atoms with Crippen LogP contribution in [0.2, 0.25) is 0 Å². The highest BCUT2D eigenvalue weighted by atomic mass is 32.1. The number of rotatable bonds is 5. The molecule has 2 heteroatoms. The summed E-state index contributed by atoms with van der Waals surface area (Å²) in [5.41, 5.74) is 4.17. The molecule has 0 aliphatic carbocycles. The van der Waals surface area contributed by atoms with Crippen molar-refractivity contribution in [3.8, 4) is 0 Å². The smallest absolute Gasteiger partial charge is 0.0371 e. The van der Waals surface area contributed by atoms with Gasteiger partial charge in [0.05, 0.1) is 0 Å². The SMILES string of the molecule is CCNC(Cc1ccc(C)cc1)c1ccsc1C. The van der Waals surface area contributed by atoms with Crippen LogP contribution in [0.15, 0.2) is 35.7 Å². The van der Waals surface area contributed by atoms with Gasteiger partial charge in [0.15, 0.2) is 0 Å². The van der Waals surface area contributed by atoms with Crippen LogP contribution in [0, 0.1) is 13.8 Å². The maximum atomic E-state index is 3.60. The van der Waals surface area contributed by atoms with E-state index >= 15 is 0 Å². The summed E-state index contributed by atoms with van der Waals surface area (Å²) in [7, 11) is 0. The average molecular weight is 259 g/mol. The van der Waals surface area contributed by atoms with Crippen molar-refractivity contribution in [2.45, 2.75) is 33.2 Å². The lowest BCUT2D eigenvalue weighted by Crippen LogP contribution is -2.23. The molecule has 0 fully saturated rings. The van der Waals surface area contributed by atoms with Crippen molar-refractivity contribution in [2.24, 2.45) is 0 Å². The molecule has 1 atom stereocenters. The summed E-state index contributed by atoms with van der Waals surface area (Å²) in [6, 6.07) is 11.5. The molecule has 0 aliphatic rings. The van der Waals surface area contributed by atoms with Crippen LogP contribution in [0.3, 0.4) is 0 Å². The monoisotopic (exact) mass is 259 g/mol. The Morgan fingerprint density at radius 1 is 1.11 bits per heavy atom. The van der Waals surface area contributed by atoms with Gasteiger partial charge in [-0.25, -0.2) is 0 Å². The Morgan fingerprint density at radius 3 is 2.39 bits per heavy atom. The lowest BCUT2D eigenvalue weighted by molar-refractivity contribution is 0.549. The molecular formula is C16H21NS. The van der Waals surface area contributed by atoms with Crippen molar-refractivity contribution in [3.05, 3.63) is 57.3 Å². The predicted molar refractivity (Wildman–Crippen MR) is 80.4 cm³/mol. The third-order valence-electron chi connectivity index (χ3n) is 3.29. The number of hydrogen-bond acceptors (Lipinski definition) is 2. The molecule has 0 saturated heterocycles. The third-order valence-corrected chi connectivity index (χ3v) is 4.15. The molecule has 0 bridgehead atoms. The summed E-state index contributed by atoms with van der Waals surface area (Å²) in [6.45, 7) is 7.52.